The molecule has 9 nitrogen and oxygen atoms in total. The fraction of sp³-hybridized carbons (Fsp3) is 0. The van der Waals surface area contributed by atoms with E-state index in [-0.39, 0.29) is 81.7 Å². The number of carboxylic acids is 2. The van der Waals surface area contributed by atoms with Gasteiger partial charge in [-0.2, -0.15) is 0 Å². The Labute approximate surface area is 240 Å². The van der Waals surface area contributed by atoms with Crippen molar-refractivity contribution in [2.75, 3.05) is 0 Å². The Balaban J connectivity index is 0.00000171. The van der Waals surface area contributed by atoms with Crippen LogP contribution in [0.5, 0.6) is 5.88 Å². The first-order valence-corrected chi connectivity index (χ1v) is 9.64. The third-order valence-electron chi connectivity index (χ3n) is 5.25. The summed E-state index contributed by atoms with van der Waals surface area (Å²) in [5.74, 6) is -3.42. The number of carbonyl (C=O) groups is 3. The second-order valence-corrected chi connectivity index (χ2v) is 7.31. The number of fused-ring (bicyclic) bond motifs is 2. The van der Waals surface area contributed by atoms with Crippen molar-refractivity contribution in [2.24, 2.45) is 4.99 Å². The standard InChI is InChI=1S/C24H14N2O7.2Na/c27-21-17(15-7-11(23(29)30)1-5-19(15)25-21)9-13-3-4-14(33-13)10-18-16-8-12(24(31)32)2-6-20(16)26-22(18)28;;/h1-10,25,27H,(H,29,30)(H,31,32);;/q;2*+1/p-2. The molecule has 1 aliphatic rings. The van der Waals surface area contributed by atoms with Crippen LogP contribution in [0.2, 0.25) is 0 Å². The van der Waals surface area contributed by atoms with Gasteiger partial charge in [-0.1, -0.05) is 12.1 Å². The summed E-state index contributed by atoms with van der Waals surface area (Å²) in [4.78, 5) is 41.3. The van der Waals surface area contributed by atoms with Crippen LogP contribution in [-0.2, 0) is 4.79 Å². The van der Waals surface area contributed by atoms with Crippen LogP contribution in [0.25, 0.3) is 28.6 Å². The second kappa shape index (κ2) is 10.4. The molecule has 0 radical (unpaired) electrons. The van der Waals surface area contributed by atoms with Gasteiger partial charge in [0.05, 0.1) is 22.9 Å². The molecular formula is C24H12N2Na2O7. The summed E-state index contributed by atoms with van der Waals surface area (Å²) in [6, 6.07) is 11.5. The number of rotatable bonds is 4. The second-order valence-electron chi connectivity index (χ2n) is 7.31. The van der Waals surface area contributed by atoms with Crippen LogP contribution in [-0.4, -0.2) is 27.9 Å². The van der Waals surface area contributed by atoms with Gasteiger partial charge in [-0.3, -0.25) is 4.79 Å². The molecule has 2 N–H and O–H groups in total. The van der Waals surface area contributed by atoms with Gasteiger partial charge in [-0.25, -0.2) is 4.99 Å². The maximum atomic E-state index is 12.3. The van der Waals surface area contributed by atoms with Crippen LogP contribution in [0, 0.1) is 0 Å². The molecule has 2 aromatic carbocycles. The predicted octanol–water partition coefficient (Wildman–Crippen LogP) is -8.18. The Kier molecular flexibility index (Phi) is 7.90. The fourth-order valence-electron chi connectivity index (χ4n) is 3.68. The number of nitrogens with one attached hydrogen (secondary N) is 1. The molecule has 0 bridgehead atoms. The van der Waals surface area contributed by atoms with Gasteiger partial charge in [0.15, 0.2) is 5.88 Å². The van der Waals surface area contributed by atoms with Crippen LogP contribution in [0.4, 0.5) is 0 Å². The number of hydrogen-bond donors (Lipinski definition) is 2. The van der Waals surface area contributed by atoms with Crippen molar-refractivity contribution in [3.63, 3.8) is 0 Å². The summed E-state index contributed by atoms with van der Waals surface area (Å²) in [6.07, 6.45) is 2.95. The molecule has 0 spiro atoms. The molecule has 1 aliphatic heterocycles. The maximum Gasteiger partial charge on any atom is 1.00 e. The van der Waals surface area contributed by atoms with E-state index in [1.54, 1.807) is 12.1 Å². The first-order valence-electron chi connectivity index (χ1n) is 9.64. The van der Waals surface area contributed by atoms with Gasteiger partial charge in [-0.05, 0) is 59.7 Å². The van der Waals surface area contributed by atoms with Crippen molar-refractivity contribution in [2.45, 2.75) is 0 Å². The number of aromatic hydroxyl groups is 1. The van der Waals surface area contributed by atoms with Crippen molar-refractivity contribution < 1.29 is 93.2 Å². The van der Waals surface area contributed by atoms with Gasteiger partial charge in [-0.15, -0.1) is 0 Å². The zero-order chi connectivity index (χ0) is 23.3. The molecule has 0 atom stereocenters. The molecule has 0 saturated heterocycles. The van der Waals surface area contributed by atoms with E-state index in [4.69, 9.17) is 4.42 Å². The van der Waals surface area contributed by atoms with Crippen molar-refractivity contribution in [3.8, 4) is 5.88 Å². The molecule has 35 heavy (non-hydrogen) atoms. The first-order chi connectivity index (χ1) is 15.8. The number of aromatic carboxylic acids is 2. The maximum absolute atomic E-state index is 12.3. The summed E-state index contributed by atoms with van der Waals surface area (Å²) in [5, 5.41) is 33.7. The van der Waals surface area contributed by atoms with E-state index in [0.717, 1.165) is 0 Å². The molecule has 1 amide bonds. The van der Waals surface area contributed by atoms with E-state index < -0.39 is 17.8 Å². The number of aromatic amines is 1. The number of nitrogens with zero attached hydrogens (tertiary/aromatic N) is 1. The Hall–Kier alpha value is -2.92. The Morgan fingerprint density at radius 3 is 2.23 bits per heavy atom. The molecule has 5 rings (SSSR count). The van der Waals surface area contributed by atoms with Gasteiger partial charge in [0, 0.05) is 21.7 Å². The van der Waals surface area contributed by atoms with Gasteiger partial charge < -0.3 is 34.3 Å². The Bertz CT molecular complexity index is 1770. The average molecular weight is 486 g/mol. The van der Waals surface area contributed by atoms with E-state index in [0.29, 0.717) is 37.9 Å². The largest absolute Gasteiger partial charge is 1.00 e. The van der Waals surface area contributed by atoms with Crippen LogP contribution in [0.15, 0.2) is 57.9 Å². The van der Waals surface area contributed by atoms with Gasteiger partial charge in [0.2, 0.25) is 0 Å². The Morgan fingerprint density at radius 2 is 1.54 bits per heavy atom. The fourth-order valence-corrected chi connectivity index (χ4v) is 3.68. The van der Waals surface area contributed by atoms with E-state index in [9.17, 15) is 29.7 Å². The van der Waals surface area contributed by atoms with E-state index in [1.165, 1.54) is 48.6 Å². The third kappa shape index (κ3) is 5.06. The molecule has 0 fully saturated rings. The number of furan rings is 1. The molecule has 0 aliphatic carbocycles. The molecule has 11 heteroatoms. The summed E-state index contributed by atoms with van der Waals surface area (Å²) >= 11 is 0. The third-order valence-corrected chi connectivity index (χ3v) is 5.25. The average Bonchev–Trinajstić information content (AvgIpc) is 3.44. The van der Waals surface area contributed by atoms with Crippen LogP contribution >= 0.6 is 0 Å². The minimum atomic E-state index is -1.37. The molecule has 162 valence electrons. The summed E-state index contributed by atoms with van der Waals surface area (Å²) in [7, 11) is 0. The number of carbonyl (C=O) groups excluding carboxylic acids is 3. The summed E-state index contributed by atoms with van der Waals surface area (Å²) in [5.41, 5.74) is 1.50. The van der Waals surface area contributed by atoms with Crippen LogP contribution in [0.1, 0.15) is 26.3 Å². The number of hydrogen-bond acceptors (Lipinski definition) is 7. The van der Waals surface area contributed by atoms with Crippen molar-refractivity contribution >= 4 is 46.5 Å². The zero-order valence-electron chi connectivity index (χ0n) is 18.6. The molecule has 0 saturated carbocycles. The molecule has 0 unspecified atom stereocenters. The van der Waals surface area contributed by atoms with Crippen molar-refractivity contribution in [1.29, 1.82) is 0 Å². The number of aromatic nitrogens is 1. The minimum absolute atomic E-state index is 0. The van der Waals surface area contributed by atoms with E-state index >= 15 is 0 Å². The predicted molar refractivity (Wildman–Crippen MR) is 110 cm³/mol. The molecule has 3 heterocycles. The molecule has 2 aromatic heterocycles. The van der Waals surface area contributed by atoms with Crippen molar-refractivity contribution in [3.05, 3.63) is 86.6 Å². The molecule has 4 aromatic rings. The van der Waals surface area contributed by atoms with Crippen molar-refractivity contribution in [1.82, 2.24) is 4.98 Å². The summed E-state index contributed by atoms with van der Waals surface area (Å²) < 4.78 is 5.73. The normalized spacial score (nSPS) is 13.3. The van der Waals surface area contributed by atoms with E-state index in [1.807, 2.05) is 0 Å². The Morgan fingerprint density at radius 1 is 0.914 bits per heavy atom. The topological polar surface area (TPSA) is 159 Å². The summed E-state index contributed by atoms with van der Waals surface area (Å²) in [6.45, 7) is 0. The molecular weight excluding hydrogens is 474 g/mol. The number of carboxylic acid groups (broad SMARTS) is 2. The van der Waals surface area contributed by atoms with Crippen LogP contribution < -0.4 is 90.7 Å². The SMILES string of the molecule is O=C1N=c2ccc(C(=O)[O-])cc2=C1C=c1ccc(=Cc2c(O)[nH]c3ccc(C(=O)[O-])cc23)o1.[Na+].[Na+]. The number of amides is 1. The van der Waals surface area contributed by atoms with Crippen LogP contribution in [0.3, 0.4) is 0 Å². The first kappa shape index (κ1) is 26.7. The quantitative estimate of drug-likeness (QED) is 0.271. The minimum Gasteiger partial charge on any atom is -0.545 e. The van der Waals surface area contributed by atoms with Gasteiger partial charge in [0.25, 0.3) is 5.91 Å². The van der Waals surface area contributed by atoms with Gasteiger partial charge >= 0.3 is 59.1 Å². The zero-order valence-corrected chi connectivity index (χ0v) is 22.6. The number of benzene rings is 2. The van der Waals surface area contributed by atoms with Gasteiger partial charge in [0.1, 0.15) is 10.8 Å². The monoisotopic (exact) mass is 486 g/mol. The van der Waals surface area contributed by atoms with E-state index in [2.05, 4.69) is 9.98 Å². The smallest absolute Gasteiger partial charge is 0.545 e. The number of H-pyrrole nitrogens is 1.